The normalized spacial score (nSPS) is 55.2. The van der Waals surface area contributed by atoms with Crippen molar-refractivity contribution in [1.29, 1.82) is 0 Å². The van der Waals surface area contributed by atoms with Crippen molar-refractivity contribution in [1.82, 2.24) is 0 Å². The van der Waals surface area contributed by atoms with Gasteiger partial charge in [0.15, 0.2) is 0 Å². The Balaban J connectivity index is 1.69. The van der Waals surface area contributed by atoms with Crippen molar-refractivity contribution in [3.05, 3.63) is 0 Å². The predicted octanol–water partition coefficient (Wildman–Crippen LogP) is 4.15. The maximum absolute atomic E-state index is 12.2. The van der Waals surface area contributed by atoms with E-state index in [2.05, 4.69) is 29.8 Å². The van der Waals surface area contributed by atoms with Crippen LogP contribution in [-0.2, 0) is 9.59 Å². The first-order chi connectivity index (χ1) is 11.7. The fourth-order valence-corrected chi connectivity index (χ4v) is 8.81. The van der Waals surface area contributed by atoms with Gasteiger partial charge in [-0.25, -0.2) is 0 Å². The molecule has 0 heterocycles. The highest BCUT2D eigenvalue weighted by Gasteiger charge is 2.64. The number of carbonyl (C=O) groups is 2. The van der Waals surface area contributed by atoms with Crippen LogP contribution in [0.2, 0.25) is 0 Å². The lowest BCUT2D eigenvalue weighted by molar-refractivity contribution is -0.169. The van der Waals surface area contributed by atoms with Crippen LogP contribution in [0.1, 0.15) is 65.7 Å². The van der Waals surface area contributed by atoms with Gasteiger partial charge < -0.3 is 5.11 Å². The number of aliphatic hydroxyl groups is 1. The molecule has 25 heavy (non-hydrogen) atoms. The molecule has 0 bridgehead atoms. The molecule has 4 saturated carbocycles. The standard InChI is InChI=1S/C21H31BrO3/c1-11(23)13-6-7-14-12-4-5-15-19(22)17(24)8-9-20(15,2)16(12)10-18(25)21(13,14)3/h12-16,18-19,25H,4-10H2,1-3H3. The SMILES string of the molecule is CC(=O)C1CCC2C3CCC4C(Br)C(=O)CCC4(C)C3CC(O)C12C. The highest BCUT2D eigenvalue weighted by atomic mass is 79.9. The van der Waals surface area contributed by atoms with Crippen LogP contribution in [0.4, 0.5) is 0 Å². The van der Waals surface area contributed by atoms with E-state index in [1.165, 1.54) is 0 Å². The second kappa shape index (κ2) is 5.89. The zero-order chi connectivity index (χ0) is 18.1. The van der Waals surface area contributed by atoms with E-state index in [1.807, 2.05) is 0 Å². The number of hydrogen-bond donors (Lipinski definition) is 1. The number of aliphatic hydroxyl groups excluding tert-OH is 1. The third kappa shape index (κ3) is 2.32. The molecule has 1 N–H and O–H groups in total. The van der Waals surface area contributed by atoms with Crippen LogP contribution in [0.15, 0.2) is 0 Å². The van der Waals surface area contributed by atoms with Gasteiger partial charge in [-0.05, 0) is 74.5 Å². The topological polar surface area (TPSA) is 54.4 Å². The smallest absolute Gasteiger partial charge is 0.146 e. The molecular weight excluding hydrogens is 380 g/mol. The fraction of sp³-hybridized carbons (Fsp3) is 0.905. The lowest BCUT2D eigenvalue weighted by Gasteiger charge is -2.62. The Kier molecular flexibility index (Phi) is 4.28. The van der Waals surface area contributed by atoms with Crippen LogP contribution in [-0.4, -0.2) is 27.6 Å². The predicted molar refractivity (Wildman–Crippen MR) is 100 cm³/mol. The number of alkyl halides is 1. The van der Waals surface area contributed by atoms with Gasteiger partial charge in [-0.3, -0.25) is 9.59 Å². The second-order valence-electron chi connectivity index (χ2n) is 9.79. The molecule has 4 rings (SSSR count). The first kappa shape index (κ1) is 18.2. The number of rotatable bonds is 1. The third-order valence-corrected chi connectivity index (χ3v) is 10.3. The second-order valence-corrected chi connectivity index (χ2v) is 10.8. The molecule has 3 nitrogen and oxygen atoms in total. The first-order valence-corrected chi connectivity index (χ1v) is 11.0. The van der Waals surface area contributed by atoms with Gasteiger partial charge in [-0.2, -0.15) is 0 Å². The van der Waals surface area contributed by atoms with Crippen molar-refractivity contribution in [2.24, 2.45) is 40.4 Å². The lowest BCUT2D eigenvalue weighted by Crippen LogP contribution is -2.60. The van der Waals surface area contributed by atoms with E-state index in [0.29, 0.717) is 35.9 Å². The molecule has 0 spiro atoms. The molecule has 4 aliphatic carbocycles. The zero-order valence-electron chi connectivity index (χ0n) is 15.6. The highest BCUT2D eigenvalue weighted by Crippen LogP contribution is 2.67. The third-order valence-electron chi connectivity index (χ3n) is 9.11. The summed E-state index contributed by atoms with van der Waals surface area (Å²) in [6, 6.07) is 0. The first-order valence-electron chi connectivity index (χ1n) is 10.1. The van der Waals surface area contributed by atoms with Gasteiger partial charge in [0.05, 0.1) is 10.9 Å². The average Bonchev–Trinajstić information content (AvgIpc) is 2.92. The number of fused-ring (bicyclic) bond motifs is 5. The molecule has 0 saturated heterocycles. The summed E-state index contributed by atoms with van der Waals surface area (Å²) in [6.45, 7) is 6.27. The number of halogens is 1. The molecule has 0 aliphatic heterocycles. The van der Waals surface area contributed by atoms with Gasteiger partial charge in [0.25, 0.3) is 0 Å². The van der Waals surface area contributed by atoms with Crippen molar-refractivity contribution in [2.45, 2.75) is 76.6 Å². The van der Waals surface area contributed by atoms with E-state index in [4.69, 9.17) is 0 Å². The van der Waals surface area contributed by atoms with Crippen LogP contribution >= 0.6 is 15.9 Å². The Morgan fingerprint density at radius 3 is 2.48 bits per heavy atom. The molecule has 0 aromatic heterocycles. The van der Waals surface area contributed by atoms with Crippen LogP contribution in [0.3, 0.4) is 0 Å². The van der Waals surface area contributed by atoms with Crippen LogP contribution in [0.25, 0.3) is 0 Å². The number of carbonyl (C=O) groups excluding carboxylic acids is 2. The maximum atomic E-state index is 12.2. The van der Waals surface area contributed by atoms with E-state index in [9.17, 15) is 14.7 Å². The minimum Gasteiger partial charge on any atom is -0.393 e. The van der Waals surface area contributed by atoms with Crippen molar-refractivity contribution in [2.75, 3.05) is 0 Å². The fourth-order valence-electron chi connectivity index (χ4n) is 7.72. The van der Waals surface area contributed by atoms with Crippen molar-refractivity contribution < 1.29 is 14.7 Å². The Morgan fingerprint density at radius 1 is 1.12 bits per heavy atom. The van der Waals surface area contributed by atoms with Crippen LogP contribution in [0.5, 0.6) is 0 Å². The molecule has 0 aromatic rings. The minimum absolute atomic E-state index is 0.00815. The lowest BCUT2D eigenvalue weighted by atomic mass is 9.44. The monoisotopic (exact) mass is 410 g/mol. The van der Waals surface area contributed by atoms with Crippen molar-refractivity contribution in [3.8, 4) is 0 Å². The zero-order valence-corrected chi connectivity index (χ0v) is 17.2. The Labute approximate surface area is 159 Å². The average molecular weight is 411 g/mol. The summed E-state index contributed by atoms with van der Waals surface area (Å²) in [5, 5.41) is 11.2. The van der Waals surface area contributed by atoms with E-state index < -0.39 is 6.10 Å². The minimum atomic E-state index is -0.392. The summed E-state index contributed by atoms with van der Waals surface area (Å²) < 4.78 is 0. The van der Waals surface area contributed by atoms with Gasteiger partial charge in [0.1, 0.15) is 11.6 Å². The number of hydrogen-bond acceptors (Lipinski definition) is 3. The molecule has 0 aromatic carbocycles. The quantitative estimate of drug-likeness (QED) is 0.660. The largest absolute Gasteiger partial charge is 0.393 e. The molecule has 9 unspecified atom stereocenters. The van der Waals surface area contributed by atoms with Crippen molar-refractivity contribution in [3.63, 3.8) is 0 Å². The van der Waals surface area contributed by atoms with Gasteiger partial charge in [0, 0.05) is 17.8 Å². The van der Waals surface area contributed by atoms with E-state index in [0.717, 1.165) is 38.5 Å². The van der Waals surface area contributed by atoms with E-state index in [1.54, 1.807) is 6.92 Å². The summed E-state index contributed by atoms with van der Waals surface area (Å²) >= 11 is 3.70. The highest BCUT2D eigenvalue weighted by molar-refractivity contribution is 9.10. The summed E-state index contributed by atoms with van der Waals surface area (Å²) in [6.07, 6.45) is 6.32. The van der Waals surface area contributed by atoms with Gasteiger partial charge >= 0.3 is 0 Å². The molecule has 4 fully saturated rings. The van der Waals surface area contributed by atoms with Gasteiger partial charge in [-0.1, -0.05) is 29.8 Å². The number of Topliss-reactive ketones (excluding diaryl/α,β-unsaturated/α-hetero) is 2. The Morgan fingerprint density at radius 2 is 1.80 bits per heavy atom. The molecule has 4 aliphatic rings. The molecule has 9 atom stereocenters. The van der Waals surface area contributed by atoms with Gasteiger partial charge in [-0.15, -0.1) is 0 Å². The summed E-state index contributed by atoms with van der Waals surface area (Å²) in [4.78, 5) is 24.5. The maximum Gasteiger partial charge on any atom is 0.146 e. The van der Waals surface area contributed by atoms with E-state index >= 15 is 0 Å². The van der Waals surface area contributed by atoms with Crippen LogP contribution < -0.4 is 0 Å². The molecule has 4 heteroatoms. The Bertz CT molecular complexity index is 604. The van der Waals surface area contributed by atoms with E-state index in [-0.39, 0.29) is 27.4 Å². The van der Waals surface area contributed by atoms with Gasteiger partial charge in [0.2, 0.25) is 0 Å². The summed E-state index contributed by atoms with van der Waals surface area (Å²) in [5.41, 5.74) is -0.101. The molecular formula is C21H31BrO3. The summed E-state index contributed by atoms with van der Waals surface area (Å²) in [5.74, 6) is 2.59. The molecule has 140 valence electrons. The van der Waals surface area contributed by atoms with Crippen LogP contribution in [0, 0.1) is 40.4 Å². The molecule has 0 radical (unpaired) electrons. The van der Waals surface area contributed by atoms with Crippen molar-refractivity contribution >= 4 is 27.5 Å². The Hall–Kier alpha value is -0.220. The number of ketones is 2. The summed E-state index contributed by atoms with van der Waals surface area (Å²) in [7, 11) is 0. The molecule has 0 amide bonds.